The number of hydrogen-bond donors (Lipinski definition) is 1. The molecule has 20 heavy (non-hydrogen) atoms. The molecule has 0 fully saturated rings. The van der Waals surface area contributed by atoms with Crippen molar-refractivity contribution >= 4 is 11.3 Å². The first-order valence-electron chi connectivity index (χ1n) is 6.52. The molecule has 1 aromatic carbocycles. The van der Waals surface area contributed by atoms with Crippen molar-refractivity contribution in [2.75, 3.05) is 20.4 Å². The van der Waals surface area contributed by atoms with Crippen LogP contribution in [0.4, 0.5) is 0 Å². The van der Waals surface area contributed by atoms with E-state index in [1.807, 2.05) is 12.1 Å². The highest BCUT2D eigenvalue weighted by molar-refractivity contribution is 7.15. The summed E-state index contributed by atoms with van der Waals surface area (Å²) in [5.74, 6) is 2.10. The molecule has 0 unspecified atom stereocenters. The molecule has 0 saturated carbocycles. The first-order chi connectivity index (χ1) is 9.85. The molecule has 0 saturated heterocycles. The molecule has 5 nitrogen and oxygen atoms in total. The second-order valence-electron chi connectivity index (χ2n) is 4.73. The summed E-state index contributed by atoms with van der Waals surface area (Å²) in [5, 5.41) is 4.38. The van der Waals surface area contributed by atoms with E-state index in [0.29, 0.717) is 11.5 Å². The van der Waals surface area contributed by atoms with Crippen LogP contribution < -0.4 is 19.5 Å². The van der Waals surface area contributed by atoms with Gasteiger partial charge in [0.05, 0.1) is 12.8 Å². The molecule has 1 N–H and O–H groups in total. The van der Waals surface area contributed by atoms with Crippen LogP contribution in [-0.2, 0) is 13.0 Å². The Balaban J connectivity index is 1.80. The van der Waals surface area contributed by atoms with Gasteiger partial charge in [-0.2, -0.15) is 0 Å². The Kier molecular flexibility index (Phi) is 2.78. The Morgan fingerprint density at radius 3 is 3.15 bits per heavy atom. The molecule has 0 aliphatic carbocycles. The Morgan fingerprint density at radius 1 is 1.35 bits per heavy atom. The molecule has 0 amide bonds. The van der Waals surface area contributed by atoms with E-state index in [-0.39, 0.29) is 6.79 Å². The summed E-state index contributed by atoms with van der Waals surface area (Å²) in [4.78, 5) is 6.07. The fraction of sp³-hybridized carbons (Fsp3) is 0.357. The van der Waals surface area contributed by atoms with Gasteiger partial charge in [0.15, 0.2) is 11.5 Å². The van der Waals surface area contributed by atoms with Gasteiger partial charge in [0, 0.05) is 30.0 Å². The lowest BCUT2D eigenvalue weighted by Gasteiger charge is -2.09. The highest BCUT2D eigenvalue weighted by Gasteiger charge is 2.23. The molecule has 1 aromatic heterocycles. The highest BCUT2D eigenvalue weighted by atomic mass is 32.1. The number of aromatic nitrogens is 1. The standard InChI is InChI=1S/C14H14N2O3S/c1-17-10-4-8(5-11-13(10)19-7-18-11)14-16-9-2-3-15-6-12(9)20-14/h4-5,15H,2-3,6-7H2,1H3. The van der Waals surface area contributed by atoms with Crippen molar-refractivity contribution in [3.8, 4) is 27.8 Å². The largest absolute Gasteiger partial charge is 0.493 e. The van der Waals surface area contributed by atoms with Crippen LogP contribution in [0.2, 0.25) is 0 Å². The molecule has 2 aliphatic heterocycles. The predicted molar refractivity (Wildman–Crippen MR) is 75.6 cm³/mol. The van der Waals surface area contributed by atoms with Crippen molar-refractivity contribution in [3.05, 3.63) is 22.7 Å². The second kappa shape index (κ2) is 4.64. The van der Waals surface area contributed by atoms with Crippen molar-refractivity contribution in [1.29, 1.82) is 0 Å². The van der Waals surface area contributed by atoms with Gasteiger partial charge in [0.25, 0.3) is 0 Å². The number of methoxy groups -OCH3 is 1. The normalized spacial score (nSPS) is 16.1. The quantitative estimate of drug-likeness (QED) is 0.919. The number of hydrogen-bond acceptors (Lipinski definition) is 6. The van der Waals surface area contributed by atoms with Gasteiger partial charge in [-0.3, -0.25) is 0 Å². The third-order valence-corrected chi connectivity index (χ3v) is 4.65. The Labute approximate surface area is 120 Å². The summed E-state index contributed by atoms with van der Waals surface area (Å²) in [6.45, 7) is 2.16. The minimum absolute atomic E-state index is 0.243. The van der Waals surface area contributed by atoms with Gasteiger partial charge in [0.2, 0.25) is 12.5 Å². The molecule has 4 rings (SSSR count). The average Bonchev–Trinajstić information content (AvgIpc) is 3.12. The van der Waals surface area contributed by atoms with Crippen LogP contribution in [0.3, 0.4) is 0 Å². The van der Waals surface area contributed by atoms with Crippen molar-refractivity contribution in [3.63, 3.8) is 0 Å². The Morgan fingerprint density at radius 2 is 2.30 bits per heavy atom. The molecular weight excluding hydrogens is 276 g/mol. The topological polar surface area (TPSA) is 52.6 Å². The minimum Gasteiger partial charge on any atom is -0.493 e. The number of benzene rings is 1. The summed E-state index contributed by atoms with van der Waals surface area (Å²) in [6, 6.07) is 3.94. The molecule has 0 bridgehead atoms. The smallest absolute Gasteiger partial charge is 0.231 e. The van der Waals surface area contributed by atoms with E-state index in [2.05, 4.69) is 5.32 Å². The first kappa shape index (κ1) is 12.0. The van der Waals surface area contributed by atoms with Crippen molar-refractivity contribution < 1.29 is 14.2 Å². The Bertz CT molecular complexity index is 645. The Hall–Kier alpha value is -1.79. The van der Waals surface area contributed by atoms with Crippen LogP contribution >= 0.6 is 11.3 Å². The average molecular weight is 290 g/mol. The summed E-state index contributed by atoms with van der Waals surface area (Å²) >= 11 is 1.73. The number of fused-ring (bicyclic) bond motifs is 2. The van der Waals surface area contributed by atoms with Crippen LogP contribution in [0, 0.1) is 0 Å². The maximum absolute atomic E-state index is 5.47. The third kappa shape index (κ3) is 1.83. The minimum atomic E-state index is 0.243. The first-order valence-corrected chi connectivity index (χ1v) is 7.34. The van der Waals surface area contributed by atoms with Gasteiger partial charge < -0.3 is 19.5 Å². The fourth-order valence-corrected chi connectivity index (χ4v) is 3.57. The van der Waals surface area contributed by atoms with Gasteiger partial charge in [-0.25, -0.2) is 4.98 Å². The third-order valence-electron chi connectivity index (χ3n) is 3.51. The SMILES string of the molecule is COc1cc(-c2nc3c(s2)CNCC3)cc2c1OCO2. The summed E-state index contributed by atoms with van der Waals surface area (Å²) in [6.07, 6.45) is 0.994. The molecule has 104 valence electrons. The van der Waals surface area contributed by atoms with E-state index in [4.69, 9.17) is 19.2 Å². The number of ether oxygens (including phenoxy) is 3. The zero-order valence-electron chi connectivity index (χ0n) is 11.1. The summed E-state index contributed by atoms with van der Waals surface area (Å²) < 4.78 is 16.3. The van der Waals surface area contributed by atoms with Gasteiger partial charge in [0.1, 0.15) is 5.01 Å². The van der Waals surface area contributed by atoms with E-state index < -0.39 is 0 Å². The van der Waals surface area contributed by atoms with Crippen molar-refractivity contribution in [2.45, 2.75) is 13.0 Å². The number of nitrogens with one attached hydrogen (secondary N) is 1. The maximum Gasteiger partial charge on any atom is 0.231 e. The zero-order valence-corrected chi connectivity index (χ0v) is 11.9. The summed E-state index contributed by atoms with van der Waals surface area (Å²) in [5.41, 5.74) is 2.23. The predicted octanol–water partition coefficient (Wildman–Crippen LogP) is 2.19. The van der Waals surface area contributed by atoms with Gasteiger partial charge in [-0.1, -0.05) is 0 Å². The van der Waals surface area contributed by atoms with Crippen LogP contribution in [0.25, 0.3) is 10.6 Å². The van der Waals surface area contributed by atoms with Gasteiger partial charge in [-0.05, 0) is 12.1 Å². The lowest BCUT2D eigenvalue weighted by Crippen LogP contribution is -2.22. The molecule has 0 atom stereocenters. The summed E-state index contributed by atoms with van der Waals surface area (Å²) in [7, 11) is 1.64. The van der Waals surface area contributed by atoms with Gasteiger partial charge in [-0.15, -0.1) is 11.3 Å². The molecule has 2 aliphatic rings. The number of rotatable bonds is 2. The number of thiazole rings is 1. The molecular formula is C14H14N2O3S. The molecule has 3 heterocycles. The molecule has 0 spiro atoms. The van der Waals surface area contributed by atoms with E-state index in [1.165, 1.54) is 10.6 Å². The van der Waals surface area contributed by atoms with Crippen LogP contribution in [0.5, 0.6) is 17.2 Å². The van der Waals surface area contributed by atoms with Crippen LogP contribution in [0.1, 0.15) is 10.6 Å². The molecule has 0 radical (unpaired) electrons. The van der Waals surface area contributed by atoms with Gasteiger partial charge >= 0.3 is 0 Å². The van der Waals surface area contributed by atoms with E-state index in [0.717, 1.165) is 35.8 Å². The second-order valence-corrected chi connectivity index (χ2v) is 5.81. The highest BCUT2D eigenvalue weighted by Crippen LogP contribution is 2.45. The lowest BCUT2D eigenvalue weighted by atomic mass is 10.2. The molecule has 6 heteroatoms. The fourth-order valence-electron chi connectivity index (χ4n) is 2.50. The molecule has 2 aromatic rings. The van der Waals surface area contributed by atoms with Crippen molar-refractivity contribution in [2.24, 2.45) is 0 Å². The zero-order chi connectivity index (χ0) is 13.5. The monoisotopic (exact) mass is 290 g/mol. The van der Waals surface area contributed by atoms with E-state index in [9.17, 15) is 0 Å². The van der Waals surface area contributed by atoms with E-state index in [1.54, 1.807) is 18.4 Å². The lowest BCUT2D eigenvalue weighted by molar-refractivity contribution is 0.171. The maximum atomic E-state index is 5.47. The van der Waals surface area contributed by atoms with Crippen molar-refractivity contribution in [1.82, 2.24) is 10.3 Å². The van der Waals surface area contributed by atoms with E-state index >= 15 is 0 Å². The number of nitrogens with zero attached hydrogens (tertiary/aromatic N) is 1. The van der Waals surface area contributed by atoms with Crippen LogP contribution in [-0.4, -0.2) is 25.4 Å². The van der Waals surface area contributed by atoms with Crippen LogP contribution in [0.15, 0.2) is 12.1 Å².